The van der Waals surface area contributed by atoms with Crippen molar-refractivity contribution in [3.8, 4) is 17.0 Å². The number of aromatic nitrogens is 1. The number of rotatable bonds is 9. The van der Waals surface area contributed by atoms with Crippen molar-refractivity contribution in [3.05, 3.63) is 89.8 Å². The topological polar surface area (TPSA) is 80.3 Å². The lowest BCUT2D eigenvalue weighted by atomic mass is 9.92. The maximum atomic E-state index is 13.5. The van der Waals surface area contributed by atoms with Gasteiger partial charge in [0.25, 0.3) is 0 Å². The summed E-state index contributed by atoms with van der Waals surface area (Å²) in [6.45, 7) is 6.10. The Morgan fingerprint density at radius 2 is 1.74 bits per heavy atom. The molecule has 0 fully saturated rings. The van der Waals surface area contributed by atoms with Crippen molar-refractivity contribution in [1.82, 2.24) is 4.98 Å². The van der Waals surface area contributed by atoms with E-state index in [1.54, 1.807) is 7.11 Å². The van der Waals surface area contributed by atoms with E-state index in [9.17, 15) is 9.59 Å². The van der Waals surface area contributed by atoms with E-state index in [0.717, 1.165) is 27.5 Å². The molecule has 1 atom stereocenters. The summed E-state index contributed by atoms with van der Waals surface area (Å²) >= 11 is 2.81. The van der Waals surface area contributed by atoms with Crippen molar-refractivity contribution >= 4 is 45.7 Å². The smallest absolute Gasteiger partial charge is 0.244 e. The highest BCUT2D eigenvalue weighted by Crippen LogP contribution is 2.38. The Morgan fingerprint density at radius 1 is 0.974 bits per heavy atom. The molecule has 6 nitrogen and oxygen atoms in total. The first-order valence-electron chi connectivity index (χ1n) is 12.2. The number of carbonyl (C=O) groups excluding carboxylic acids is 2. The Kier molecular flexibility index (Phi) is 8.86. The Bertz CT molecular complexity index is 1400. The molecule has 2 amide bonds. The molecule has 1 unspecified atom stereocenters. The molecule has 0 spiro atoms. The van der Waals surface area contributed by atoms with Gasteiger partial charge >= 0.3 is 0 Å². The first-order chi connectivity index (χ1) is 18.2. The number of methoxy groups -OCH3 is 1. The fourth-order valence-electron chi connectivity index (χ4n) is 3.79. The van der Waals surface area contributed by atoms with Crippen LogP contribution in [0.4, 0.5) is 10.8 Å². The van der Waals surface area contributed by atoms with Crippen molar-refractivity contribution in [1.29, 1.82) is 0 Å². The minimum absolute atomic E-state index is 0.0346. The van der Waals surface area contributed by atoms with E-state index in [1.807, 2.05) is 105 Å². The van der Waals surface area contributed by atoms with Gasteiger partial charge in [0.1, 0.15) is 11.0 Å². The Hall–Kier alpha value is -3.62. The van der Waals surface area contributed by atoms with E-state index < -0.39 is 5.25 Å². The van der Waals surface area contributed by atoms with Gasteiger partial charge < -0.3 is 15.4 Å². The molecule has 1 aromatic heterocycles. The van der Waals surface area contributed by atoms with Gasteiger partial charge in [-0.2, -0.15) is 0 Å². The standard InChI is InChI=1S/C30H31N3O3S2/c1-30(2,3)18-26(34)31-22-13-9-15-24(17-22)38-27(20-10-6-5-7-11-20)28(35)33-29-32-25(19-37-29)21-12-8-14-23(16-21)36-4/h5-17,19,27H,18H2,1-4H3,(H,31,34)(H,32,33,35). The summed E-state index contributed by atoms with van der Waals surface area (Å²) < 4.78 is 5.32. The van der Waals surface area contributed by atoms with Gasteiger partial charge in [-0.15, -0.1) is 23.1 Å². The first kappa shape index (κ1) is 27.4. The number of hydrogen-bond donors (Lipinski definition) is 2. The highest BCUT2D eigenvalue weighted by Gasteiger charge is 2.24. The minimum atomic E-state index is -0.513. The first-order valence-corrected chi connectivity index (χ1v) is 14.0. The number of thiazole rings is 1. The number of anilines is 2. The van der Waals surface area contributed by atoms with Crippen molar-refractivity contribution in [2.75, 3.05) is 17.7 Å². The highest BCUT2D eigenvalue weighted by molar-refractivity contribution is 8.00. The number of amides is 2. The van der Waals surface area contributed by atoms with Crippen LogP contribution in [0.5, 0.6) is 5.75 Å². The van der Waals surface area contributed by atoms with Crippen molar-refractivity contribution in [2.45, 2.75) is 37.3 Å². The SMILES string of the molecule is COc1cccc(-c2csc(NC(=O)C(Sc3cccc(NC(=O)CC(C)(C)C)c3)c3ccccc3)n2)c1. The van der Waals surface area contributed by atoms with Crippen LogP contribution in [-0.4, -0.2) is 23.9 Å². The van der Waals surface area contributed by atoms with Crippen molar-refractivity contribution in [3.63, 3.8) is 0 Å². The normalized spacial score (nSPS) is 12.0. The Balaban J connectivity index is 1.51. The van der Waals surface area contributed by atoms with Gasteiger partial charge in [0.15, 0.2) is 5.13 Å². The second kappa shape index (κ2) is 12.3. The van der Waals surface area contributed by atoms with E-state index in [2.05, 4.69) is 15.6 Å². The molecule has 38 heavy (non-hydrogen) atoms. The fraction of sp³-hybridized carbons (Fsp3) is 0.233. The third-order valence-corrected chi connectivity index (χ3v) is 7.51. The molecule has 0 aliphatic heterocycles. The third kappa shape index (κ3) is 7.69. The monoisotopic (exact) mass is 545 g/mol. The molecule has 4 rings (SSSR count). The predicted molar refractivity (Wildman–Crippen MR) is 157 cm³/mol. The average Bonchev–Trinajstić information content (AvgIpc) is 3.35. The van der Waals surface area contributed by atoms with Crippen LogP contribution in [0.1, 0.15) is 38.0 Å². The molecule has 0 radical (unpaired) electrons. The molecule has 0 aliphatic carbocycles. The number of nitrogens with zero attached hydrogens (tertiary/aromatic N) is 1. The molecule has 196 valence electrons. The summed E-state index contributed by atoms with van der Waals surface area (Å²) in [6, 6.07) is 24.9. The van der Waals surface area contributed by atoms with Gasteiger partial charge in [-0.25, -0.2) is 4.98 Å². The number of benzene rings is 3. The molecular weight excluding hydrogens is 514 g/mol. The number of ether oxygens (including phenoxy) is 1. The zero-order valence-corrected chi connectivity index (χ0v) is 23.5. The van der Waals surface area contributed by atoms with Crippen LogP contribution < -0.4 is 15.4 Å². The summed E-state index contributed by atoms with van der Waals surface area (Å²) in [5.41, 5.74) is 3.17. The van der Waals surface area contributed by atoms with Crippen LogP contribution in [0.2, 0.25) is 0 Å². The summed E-state index contributed by atoms with van der Waals surface area (Å²) in [7, 11) is 1.63. The maximum absolute atomic E-state index is 13.5. The third-order valence-electron chi connectivity index (χ3n) is 5.50. The lowest BCUT2D eigenvalue weighted by Crippen LogP contribution is -2.20. The molecule has 2 N–H and O–H groups in total. The summed E-state index contributed by atoms with van der Waals surface area (Å²) in [5.74, 6) is 0.543. The molecule has 0 saturated heterocycles. The molecular formula is C30H31N3O3S2. The largest absolute Gasteiger partial charge is 0.497 e. The zero-order chi connectivity index (χ0) is 27.1. The van der Waals surface area contributed by atoms with Gasteiger partial charge in [0.2, 0.25) is 11.8 Å². The van der Waals surface area contributed by atoms with Crippen LogP contribution in [-0.2, 0) is 9.59 Å². The molecule has 0 bridgehead atoms. The lowest BCUT2D eigenvalue weighted by molar-refractivity contribution is -0.118. The number of nitrogens with one attached hydrogen (secondary N) is 2. The Labute approximate surface area is 231 Å². The summed E-state index contributed by atoms with van der Waals surface area (Å²) in [6.07, 6.45) is 0.422. The number of carbonyl (C=O) groups is 2. The van der Waals surface area contributed by atoms with Crippen LogP contribution in [0, 0.1) is 5.41 Å². The number of hydrogen-bond acceptors (Lipinski definition) is 6. The molecule has 0 saturated carbocycles. The molecule has 3 aromatic carbocycles. The van der Waals surface area contributed by atoms with Crippen LogP contribution in [0.3, 0.4) is 0 Å². The van der Waals surface area contributed by atoms with E-state index >= 15 is 0 Å². The van der Waals surface area contributed by atoms with E-state index in [-0.39, 0.29) is 17.2 Å². The van der Waals surface area contributed by atoms with Crippen molar-refractivity contribution in [2.24, 2.45) is 5.41 Å². The predicted octanol–water partition coefficient (Wildman–Crippen LogP) is 7.67. The second-order valence-corrected chi connectivity index (χ2v) is 12.0. The maximum Gasteiger partial charge on any atom is 0.244 e. The molecule has 8 heteroatoms. The van der Waals surface area contributed by atoms with Crippen LogP contribution in [0.15, 0.2) is 89.1 Å². The van der Waals surface area contributed by atoms with Gasteiger partial charge in [-0.3, -0.25) is 9.59 Å². The van der Waals surface area contributed by atoms with E-state index in [0.29, 0.717) is 17.2 Å². The van der Waals surface area contributed by atoms with Gasteiger partial charge in [-0.05, 0) is 41.3 Å². The minimum Gasteiger partial charge on any atom is -0.497 e. The molecule has 1 heterocycles. The van der Waals surface area contributed by atoms with Gasteiger partial charge in [-0.1, -0.05) is 69.3 Å². The van der Waals surface area contributed by atoms with E-state index in [4.69, 9.17) is 4.74 Å². The van der Waals surface area contributed by atoms with Gasteiger partial charge in [0.05, 0.1) is 12.8 Å². The molecule has 0 aliphatic rings. The molecule has 4 aromatic rings. The second-order valence-electron chi connectivity index (χ2n) is 9.98. The highest BCUT2D eigenvalue weighted by atomic mass is 32.2. The Morgan fingerprint density at radius 3 is 2.47 bits per heavy atom. The van der Waals surface area contributed by atoms with Crippen molar-refractivity contribution < 1.29 is 14.3 Å². The number of thioether (sulfide) groups is 1. The fourth-order valence-corrected chi connectivity index (χ4v) is 5.59. The average molecular weight is 546 g/mol. The van der Waals surface area contributed by atoms with Gasteiger partial charge in [0, 0.05) is 27.9 Å². The van der Waals surface area contributed by atoms with Crippen LogP contribution in [0.25, 0.3) is 11.3 Å². The zero-order valence-electron chi connectivity index (χ0n) is 21.9. The summed E-state index contributed by atoms with van der Waals surface area (Å²) in [5, 5.41) is 7.90. The summed E-state index contributed by atoms with van der Waals surface area (Å²) in [4.78, 5) is 31.5. The lowest BCUT2D eigenvalue weighted by Gasteiger charge is -2.18. The van der Waals surface area contributed by atoms with E-state index in [1.165, 1.54) is 23.1 Å². The van der Waals surface area contributed by atoms with Crippen LogP contribution >= 0.6 is 23.1 Å². The quantitative estimate of drug-likeness (QED) is 0.211.